The summed E-state index contributed by atoms with van der Waals surface area (Å²) in [6.45, 7) is 0. The maximum absolute atomic E-state index is 12.9. The molecule has 1 heterocycles. The van der Waals surface area contributed by atoms with Crippen molar-refractivity contribution in [2.24, 2.45) is 0 Å². The minimum atomic E-state index is -0.424. The van der Waals surface area contributed by atoms with Gasteiger partial charge in [0, 0.05) is 27.1 Å². The van der Waals surface area contributed by atoms with Crippen LogP contribution in [0.5, 0.6) is 5.75 Å². The molecule has 3 aromatic carbocycles. The van der Waals surface area contributed by atoms with Gasteiger partial charge in [-0.3, -0.25) is 4.79 Å². The highest BCUT2D eigenvalue weighted by Gasteiger charge is 2.14. The first-order chi connectivity index (χ1) is 14.6. The number of methoxy groups -OCH3 is 2. The van der Waals surface area contributed by atoms with Crippen LogP contribution in [-0.2, 0) is 11.2 Å². The maximum atomic E-state index is 12.9. The average molecular weight is 416 g/mol. The van der Waals surface area contributed by atoms with Crippen molar-refractivity contribution in [3.63, 3.8) is 0 Å². The normalized spacial score (nSPS) is 10.7. The molecule has 0 aliphatic heterocycles. The van der Waals surface area contributed by atoms with Gasteiger partial charge in [0.05, 0.1) is 19.8 Å². The number of carbonyl (C=O) groups is 2. The van der Waals surface area contributed by atoms with Crippen LogP contribution in [0.4, 0.5) is 0 Å². The van der Waals surface area contributed by atoms with Gasteiger partial charge in [-0.15, -0.1) is 11.3 Å². The van der Waals surface area contributed by atoms with Crippen molar-refractivity contribution in [1.82, 2.24) is 0 Å². The van der Waals surface area contributed by atoms with E-state index in [0.29, 0.717) is 16.9 Å². The zero-order valence-electron chi connectivity index (χ0n) is 16.7. The molecule has 0 unspecified atom stereocenters. The summed E-state index contributed by atoms with van der Waals surface area (Å²) in [7, 11) is 2.94. The SMILES string of the molecule is COC(=O)c1ccc(C(=O)Cc2cc(-c3cc4ccccc4s3)ccc2OC)cc1. The highest BCUT2D eigenvalue weighted by Crippen LogP contribution is 2.35. The van der Waals surface area contributed by atoms with Gasteiger partial charge in [-0.25, -0.2) is 4.79 Å². The van der Waals surface area contributed by atoms with Gasteiger partial charge in [-0.2, -0.15) is 0 Å². The predicted octanol–water partition coefficient (Wildman–Crippen LogP) is 5.79. The van der Waals surface area contributed by atoms with Crippen molar-refractivity contribution >= 4 is 33.2 Å². The molecule has 0 fully saturated rings. The number of fused-ring (bicyclic) bond motifs is 1. The second kappa shape index (κ2) is 8.51. The fourth-order valence-corrected chi connectivity index (χ4v) is 4.44. The van der Waals surface area contributed by atoms with Crippen LogP contribution in [0.25, 0.3) is 20.5 Å². The third-order valence-electron chi connectivity index (χ3n) is 4.97. The number of hydrogen-bond donors (Lipinski definition) is 0. The van der Waals surface area contributed by atoms with Crippen molar-refractivity contribution in [3.05, 3.63) is 89.5 Å². The molecule has 0 saturated heterocycles. The Morgan fingerprint density at radius 1 is 0.867 bits per heavy atom. The Morgan fingerprint density at radius 2 is 1.60 bits per heavy atom. The van der Waals surface area contributed by atoms with E-state index in [2.05, 4.69) is 18.2 Å². The lowest BCUT2D eigenvalue weighted by Crippen LogP contribution is -2.07. The summed E-state index contributed by atoms with van der Waals surface area (Å²) in [5, 5.41) is 1.21. The first-order valence-corrected chi connectivity index (χ1v) is 10.3. The van der Waals surface area contributed by atoms with Crippen LogP contribution in [0.15, 0.2) is 72.8 Å². The van der Waals surface area contributed by atoms with E-state index >= 15 is 0 Å². The number of carbonyl (C=O) groups excluding carboxylic acids is 2. The summed E-state index contributed by atoms with van der Waals surface area (Å²) < 4.78 is 11.4. The van der Waals surface area contributed by atoms with Crippen LogP contribution in [0.2, 0.25) is 0 Å². The molecule has 30 heavy (non-hydrogen) atoms. The zero-order valence-corrected chi connectivity index (χ0v) is 17.5. The number of thiophene rings is 1. The topological polar surface area (TPSA) is 52.6 Å². The summed E-state index contributed by atoms with van der Waals surface area (Å²) >= 11 is 1.72. The van der Waals surface area contributed by atoms with E-state index < -0.39 is 5.97 Å². The molecule has 4 rings (SSSR count). The number of esters is 1. The quantitative estimate of drug-likeness (QED) is 0.295. The molecule has 4 nitrogen and oxygen atoms in total. The van der Waals surface area contributed by atoms with Gasteiger partial charge in [0.2, 0.25) is 0 Å². The molecule has 5 heteroatoms. The average Bonchev–Trinajstić information content (AvgIpc) is 3.23. The molecular weight excluding hydrogens is 396 g/mol. The molecule has 0 bridgehead atoms. The lowest BCUT2D eigenvalue weighted by molar-refractivity contribution is 0.0600. The third kappa shape index (κ3) is 3.98. The monoisotopic (exact) mass is 416 g/mol. The van der Waals surface area contributed by atoms with Gasteiger partial charge in [0.25, 0.3) is 0 Å². The Kier molecular flexibility index (Phi) is 5.63. The Bertz CT molecular complexity index is 1190. The van der Waals surface area contributed by atoms with Crippen molar-refractivity contribution in [2.45, 2.75) is 6.42 Å². The van der Waals surface area contributed by atoms with Gasteiger partial charge in [0.1, 0.15) is 5.75 Å². The van der Waals surface area contributed by atoms with Gasteiger partial charge < -0.3 is 9.47 Å². The van der Waals surface area contributed by atoms with Crippen molar-refractivity contribution in [3.8, 4) is 16.2 Å². The van der Waals surface area contributed by atoms with E-state index in [0.717, 1.165) is 16.0 Å². The van der Waals surface area contributed by atoms with E-state index in [1.807, 2.05) is 30.3 Å². The van der Waals surface area contributed by atoms with E-state index in [4.69, 9.17) is 9.47 Å². The lowest BCUT2D eigenvalue weighted by atomic mass is 9.99. The summed E-state index contributed by atoms with van der Waals surface area (Å²) in [4.78, 5) is 25.6. The number of benzene rings is 3. The Hall–Kier alpha value is -3.44. The van der Waals surface area contributed by atoms with E-state index in [1.165, 1.54) is 17.2 Å². The largest absolute Gasteiger partial charge is 0.496 e. The van der Waals surface area contributed by atoms with Crippen LogP contribution in [0.3, 0.4) is 0 Å². The van der Waals surface area contributed by atoms with Crippen molar-refractivity contribution in [2.75, 3.05) is 14.2 Å². The van der Waals surface area contributed by atoms with Gasteiger partial charge in [-0.05, 0) is 53.4 Å². The number of ketones is 1. The highest BCUT2D eigenvalue weighted by molar-refractivity contribution is 7.22. The molecule has 0 spiro atoms. The van der Waals surface area contributed by atoms with E-state index in [1.54, 1.807) is 42.7 Å². The predicted molar refractivity (Wildman–Crippen MR) is 120 cm³/mol. The van der Waals surface area contributed by atoms with Gasteiger partial charge in [0.15, 0.2) is 5.78 Å². The summed E-state index contributed by atoms with van der Waals surface area (Å²) in [6, 6.07) is 22.9. The summed E-state index contributed by atoms with van der Waals surface area (Å²) in [5.41, 5.74) is 2.84. The molecule has 0 atom stereocenters. The molecule has 0 amide bonds. The maximum Gasteiger partial charge on any atom is 0.337 e. The van der Waals surface area contributed by atoms with Crippen LogP contribution in [-0.4, -0.2) is 26.0 Å². The Balaban J connectivity index is 1.62. The molecule has 1 aromatic heterocycles. The first kappa shape index (κ1) is 19.9. The third-order valence-corrected chi connectivity index (χ3v) is 6.13. The minimum Gasteiger partial charge on any atom is -0.496 e. The second-order valence-corrected chi connectivity index (χ2v) is 7.93. The molecule has 0 aliphatic rings. The fourth-order valence-electron chi connectivity index (χ4n) is 3.38. The standard InChI is InChI=1S/C25H20O4S/c1-28-22-12-11-19(24-15-18-5-3-4-6-23(18)30-24)13-20(22)14-21(26)16-7-9-17(10-8-16)25(27)29-2/h3-13,15H,14H2,1-2H3. The molecule has 0 aliphatic carbocycles. The molecule has 0 radical (unpaired) electrons. The summed E-state index contributed by atoms with van der Waals surface area (Å²) in [6.07, 6.45) is 0.208. The Morgan fingerprint density at radius 3 is 2.30 bits per heavy atom. The Labute approximate surface area is 178 Å². The smallest absolute Gasteiger partial charge is 0.337 e. The molecule has 4 aromatic rings. The van der Waals surface area contributed by atoms with Crippen LogP contribution < -0.4 is 4.74 Å². The lowest BCUT2D eigenvalue weighted by Gasteiger charge is -2.10. The van der Waals surface area contributed by atoms with Crippen LogP contribution in [0.1, 0.15) is 26.3 Å². The summed E-state index contributed by atoms with van der Waals surface area (Å²) in [5.74, 6) is 0.212. The van der Waals surface area contributed by atoms with E-state index in [-0.39, 0.29) is 12.2 Å². The molecule has 150 valence electrons. The van der Waals surface area contributed by atoms with Crippen molar-refractivity contribution in [1.29, 1.82) is 0 Å². The fraction of sp³-hybridized carbons (Fsp3) is 0.120. The van der Waals surface area contributed by atoms with Gasteiger partial charge >= 0.3 is 5.97 Å². The zero-order chi connectivity index (χ0) is 21.1. The minimum absolute atomic E-state index is 0.0433. The molecule has 0 N–H and O–H groups in total. The first-order valence-electron chi connectivity index (χ1n) is 9.46. The van der Waals surface area contributed by atoms with Gasteiger partial charge in [-0.1, -0.05) is 30.3 Å². The van der Waals surface area contributed by atoms with Crippen LogP contribution >= 0.6 is 11.3 Å². The number of hydrogen-bond acceptors (Lipinski definition) is 5. The number of Topliss-reactive ketones (excluding diaryl/α,β-unsaturated/α-hetero) is 1. The highest BCUT2D eigenvalue weighted by atomic mass is 32.1. The van der Waals surface area contributed by atoms with Crippen LogP contribution in [0, 0.1) is 0 Å². The van der Waals surface area contributed by atoms with Crippen molar-refractivity contribution < 1.29 is 19.1 Å². The number of ether oxygens (including phenoxy) is 2. The van der Waals surface area contributed by atoms with E-state index in [9.17, 15) is 9.59 Å². The molecular formula is C25H20O4S. The molecule has 0 saturated carbocycles. The number of rotatable bonds is 6. The second-order valence-electron chi connectivity index (χ2n) is 6.84.